The molecule has 1 N–H and O–H groups in total. The summed E-state index contributed by atoms with van der Waals surface area (Å²) in [4.78, 5) is 15.7. The molecule has 1 aliphatic carbocycles. The van der Waals surface area contributed by atoms with Crippen LogP contribution in [0.4, 0.5) is 0 Å². The van der Waals surface area contributed by atoms with E-state index in [-0.39, 0.29) is 0 Å². The molecule has 0 spiro atoms. The van der Waals surface area contributed by atoms with Crippen LogP contribution in [-0.4, -0.2) is 32.6 Å². The number of thioether (sulfide) groups is 1. The highest BCUT2D eigenvalue weighted by atomic mass is 32.2. The first-order valence-corrected chi connectivity index (χ1v) is 7.82. The Bertz CT molecular complexity index is 632. The molecule has 5 heteroatoms. The van der Waals surface area contributed by atoms with Crippen molar-refractivity contribution >= 4 is 28.8 Å². The van der Waals surface area contributed by atoms with Gasteiger partial charge in [-0.2, -0.15) is 11.8 Å². The summed E-state index contributed by atoms with van der Waals surface area (Å²) in [5.41, 5.74) is 2.17. The van der Waals surface area contributed by atoms with Crippen LogP contribution in [-0.2, 0) is 6.54 Å². The molecule has 1 aromatic heterocycles. The number of fused-ring (bicyclic) bond motifs is 1. The summed E-state index contributed by atoms with van der Waals surface area (Å²) in [6.07, 6.45) is 4.50. The Hall–Kier alpha value is -1.49. The molecular weight excluding hydrogens is 260 g/mol. The molecule has 2 aromatic rings. The number of carbonyl (C=O) groups is 1. The zero-order valence-electron chi connectivity index (χ0n) is 10.8. The second-order valence-electron chi connectivity index (χ2n) is 4.90. The maximum atomic E-state index is 11.0. The van der Waals surface area contributed by atoms with E-state index in [4.69, 9.17) is 5.11 Å². The van der Waals surface area contributed by atoms with E-state index in [1.165, 1.54) is 12.8 Å². The van der Waals surface area contributed by atoms with Crippen LogP contribution in [0.1, 0.15) is 34.9 Å². The zero-order valence-corrected chi connectivity index (χ0v) is 11.6. The number of hydrogen-bond acceptors (Lipinski definition) is 3. The number of rotatable bonds is 5. The molecule has 19 heavy (non-hydrogen) atoms. The summed E-state index contributed by atoms with van der Waals surface area (Å²) < 4.78 is 2.26. The quantitative estimate of drug-likeness (QED) is 0.912. The van der Waals surface area contributed by atoms with Crippen LogP contribution < -0.4 is 0 Å². The standard InChI is InChI=1S/C14H16N2O2S/c1-19-7-6-16-12-5-4-10(14(17)18)8-11(12)15-13(16)9-2-3-9/h4-5,8-9H,2-3,6-7H2,1H3,(H,17,18). The van der Waals surface area contributed by atoms with Gasteiger partial charge in [-0.15, -0.1) is 0 Å². The van der Waals surface area contributed by atoms with Crippen molar-refractivity contribution in [2.75, 3.05) is 12.0 Å². The van der Waals surface area contributed by atoms with Crippen molar-refractivity contribution in [3.8, 4) is 0 Å². The Labute approximate surface area is 115 Å². The molecule has 1 heterocycles. The van der Waals surface area contributed by atoms with E-state index in [1.54, 1.807) is 12.1 Å². The van der Waals surface area contributed by atoms with E-state index in [1.807, 2.05) is 17.8 Å². The Morgan fingerprint density at radius 1 is 1.53 bits per heavy atom. The van der Waals surface area contributed by atoms with Gasteiger partial charge in [0.25, 0.3) is 0 Å². The van der Waals surface area contributed by atoms with Gasteiger partial charge in [-0.3, -0.25) is 0 Å². The maximum absolute atomic E-state index is 11.0. The average molecular weight is 276 g/mol. The first kappa shape index (κ1) is 12.5. The third-order valence-electron chi connectivity index (χ3n) is 3.49. The number of carboxylic acid groups (broad SMARTS) is 1. The van der Waals surface area contributed by atoms with E-state index < -0.39 is 5.97 Å². The normalized spacial score (nSPS) is 15.0. The molecule has 1 aromatic carbocycles. The molecule has 1 fully saturated rings. The summed E-state index contributed by atoms with van der Waals surface area (Å²) in [6.45, 7) is 0.940. The number of hydrogen-bond donors (Lipinski definition) is 1. The number of carboxylic acids is 1. The first-order valence-electron chi connectivity index (χ1n) is 6.43. The molecular formula is C14H16N2O2S. The van der Waals surface area contributed by atoms with Crippen LogP contribution in [0, 0.1) is 0 Å². The molecule has 0 amide bonds. The summed E-state index contributed by atoms with van der Waals surface area (Å²) in [7, 11) is 0. The fourth-order valence-corrected chi connectivity index (χ4v) is 2.72. The Balaban J connectivity index is 2.09. The lowest BCUT2D eigenvalue weighted by Crippen LogP contribution is -2.04. The monoisotopic (exact) mass is 276 g/mol. The maximum Gasteiger partial charge on any atom is 0.335 e. The minimum atomic E-state index is -0.895. The summed E-state index contributed by atoms with van der Waals surface area (Å²) in [5, 5.41) is 9.05. The van der Waals surface area contributed by atoms with Gasteiger partial charge >= 0.3 is 5.97 Å². The number of aromatic carboxylic acids is 1. The molecule has 0 bridgehead atoms. The number of benzene rings is 1. The number of nitrogens with zero attached hydrogens (tertiary/aromatic N) is 2. The fourth-order valence-electron chi connectivity index (χ4n) is 2.35. The first-order chi connectivity index (χ1) is 9.20. The van der Waals surface area contributed by atoms with Crippen LogP contribution in [0.25, 0.3) is 11.0 Å². The highest BCUT2D eigenvalue weighted by Gasteiger charge is 2.29. The van der Waals surface area contributed by atoms with Gasteiger partial charge in [0.05, 0.1) is 16.6 Å². The van der Waals surface area contributed by atoms with Crippen molar-refractivity contribution in [1.82, 2.24) is 9.55 Å². The lowest BCUT2D eigenvalue weighted by Gasteiger charge is -2.07. The number of aromatic nitrogens is 2. The third-order valence-corrected chi connectivity index (χ3v) is 4.08. The lowest BCUT2D eigenvalue weighted by molar-refractivity contribution is 0.0697. The van der Waals surface area contributed by atoms with Crippen molar-refractivity contribution in [3.05, 3.63) is 29.6 Å². The van der Waals surface area contributed by atoms with Crippen molar-refractivity contribution in [3.63, 3.8) is 0 Å². The number of aryl methyl sites for hydroxylation is 1. The topological polar surface area (TPSA) is 55.1 Å². The highest BCUT2D eigenvalue weighted by Crippen LogP contribution is 2.40. The van der Waals surface area contributed by atoms with Gasteiger partial charge in [0, 0.05) is 18.2 Å². The molecule has 3 rings (SSSR count). The van der Waals surface area contributed by atoms with Crippen LogP contribution in [0.5, 0.6) is 0 Å². The van der Waals surface area contributed by atoms with E-state index >= 15 is 0 Å². The smallest absolute Gasteiger partial charge is 0.335 e. The average Bonchev–Trinajstić information content (AvgIpc) is 3.18. The Kier molecular flexibility index (Phi) is 3.22. The van der Waals surface area contributed by atoms with Crippen molar-refractivity contribution in [2.24, 2.45) is 0 Å². The van der Waals surface area contributed by atoms with Gasteiger partial charge < -0.3 is 9.67 Å². The van der Waals surface area contributed by atoms with Gasteiger partial charge in [0.2, 0.25) is 0 Å². The van der Waals surface area contributed by atoms with E-state index in [0.29, 0.717) is 11.5 Å². The largest absolute Gasteiger partial charge is 0.478 e. The highest BCUT2D eigenvalue weighted by molar-refractivity contribution is 7.98. The van der Waals surface area contributed by atoms with E-state index in [0.717, 1.165) is 29.2 Å². The van der Waals surface area contributed by atoms with Gasteiger partial charge in [-0.1, -0.05) is 0 Å². The summed E-state index contributed by atoms with van der Waals surface area (Å²) in [6, 6.07) is 5.23. The van der Waals surface area contributed by atoms with Crippen LogP contribution >= 0.6 is 11.8 Å². The number of imidazole rings is 1. The lowest BCUT2D eigenvalue weighted by atomic mass is 10.2. The molecule has 0 aliphatic heterocycles. The van der Waals surface area contributed by atoms with E-state index in [9.17, 15) is 4.79 Å². The SMILES string of the molecule is CSCCn1c(C2CC2)nc2cc(C(=O)O)ccc21. The van der Waals surface area contributed by atoms with E-state index in [2.05, 4.69) is 15.8 Å². The minimum Gasteiger partial charge on any atom is -0.478 e. The van der Waals surface area contributed by atoms with Crippen LogP contribution in [0.3, 0.4) is 0 Å². The van der Waals surface area contributed by atoms with Crippen LogP contribution in [0.15, 0.2) is 18.2 Å². The Morgan fingerprint density at radius 3 is 2.95 bits per heavy atom. The summed E-state index contributed by atoms with van der Waals surface area (Å²) in [5.74, 6) is 1.86. The second-order valence-corrected chi connectivity index (χ2v) is 5.88. The van der Waals surface area contributed by atoms with Gasteiger partial charge in [0.1, 0.15) is 5.82 Å². The molecule has 0 saturated heterocycles. The molecule has 0 unspecified atom stereocenters. The van der Waals surface area contributed by atoms with Crippen LogP contribution in [0.2, 0.25) is 0 Å². The van der Waals surface area contributed by atoms with Crippen molar-refractivity contribution < 1.29 is 9.90 Å². The van der Waals surface area contributed by atoms with Gasteiger partial charge in [-0.25, -0.2) is 9.78 Å². The van der Waals surface area contributed by atoms with Crippen molar-refractivity contribution in [1.29, 1.82) is 0 Å². The third kappa shape index (κ3) is 2.34. The van der Waals surface area contributed by atoms with Gasteiger partial charge in [-0.05, 0) is 37.3 Å². The van der Waals surface area contributed by atoms with Crippen molar-refractivity contribution in [2.45, 2.75) is 25.3 Å². The molecule has 1 aliphatic rings. The van der Waals surface area contributed by atoms with Gasteiger partial charge in [0.15, 0.2) is 0 Å². The molecule has 1 saturated carbocycles. The summed E-state index contributed by atoms with van der Waals surface area (Å²) >= 11 is 1.81. The molecule has 100 valence electrons. The molecule has 4 nitrogen and oxygen atoms in total. The predicted molar refractivity (Wildman–Crippen MR) is 77.0 cm³/mol. The zero-order chi connectivity index (χ0) is 13.4. The Morgan fingerprint density at radius 2 is 2.32 bits per heavy atom. The predicted octanol–water partition coefficient (Wildman–Crippen LogP) is 2.97. The molecule has 0 radical (unpaired) electrons. The minimum absolute atomic E-state index is 0.310. The second kappa shape index (κ2) is 4.89. The molecule has 0 atom stereocenters. The fraction of sp³-hybridized carbons (Fsp3) is 0.429.